The zero-order chi connectivity index (χ0) is 12.0. The van der Waals surface area contributed by atoms with Gasteiger partial charge in [0.2, 0.25) is 0 Å². The second kappa shape index (κ2) is 6.34. The zero-order valence-electron chi connectivity index (χ0n) is 8.42. The quantitative estimate of drug-likeness (QED) is 0.734. The van der Waals surface area contributed by atoms with Crippen molar-refractivity contribution in [3.8, 4) is 5.75 Å². The fourth-order valence-corrected chi connectivity index (χ4v) is 1.16. The van der Waals surface area contributed by atoms with E-state index < -0.39 is 18.2 Å². The van der Waals surface area contributed by atoms with Crippen molar-refractivity contribution in [1.29, 1.82) is 0 Å². The first-order chi connectivity index (χ1) is 7.63. The smallest absolute Gasteiger partial charge is 0.387 e. The van der Waals surface area contributed by atoms with Gasteiger partial charge in [-0.25, -0.2) is 4.39 Å². The van der Waals surface area contributed by atoms with Gasteiger partial charge in [0.1, 0.15) is 0 Å². The van der Waals surface area contributed by atoms with Crippen LogP contribution in [0.15, 0.2) is 18.2 Å². The normalized spacial score (nSPS) is 10.8. The predicted molar refractivity (Wildman–Crippen MR) is 51.8 cm³/mol. The standard InChI is InChI=1S/C10H12F3NO2/c11-8-5-7(6-14-3-4-15)1-2-9(8)16-10(12)13/h1-2,5,10,14-15H,3-4,6H2. The molecule has 1 aromatic rings. The summed E-state index contributed by atoms with van der Waals surface area (Å²) in [6.07, 6.45) is 0. The summed E-state index contributed by atoms with van der Waals surface area (Å²) in [5.41, 5.74) is 0.590. The maximum absolute atomic E-state index is 13.2. The largest absolute Gasteiger partial charge is 0.432 e. The number of ether oxygens (including phenoxy) is 1. The molecule has 1 rings (SSSR count). The molecule has 2 N–H and O–H groups in total. The highest BCUT2D eigenvalue weighted by atomic mass is 19.3. The van der Waals surface area contributed by atoms with Crippen LogP contribution in [0.4, 0.5) is 13.2 Å². The van der Waals surface area contributed by atoms with Crippen LogP contribution in [0, 0.1) is 5.82 Å². The Bertz CT molecular complexity index is 334. The van der Waals surface area contributed by atoms with Gasteiger partial charge in [-0.3, -0.25) is 0 Å². The van der Waals surface area contributed by atoms with Gasteiger partial charge in [-0.05, 0) is 17.7 Å². The summed E-state index contributed by atoms with van der Waals surface area (Å²) in [4.78, 5) is 0. The Balaban J connectivity index is 2.60. The van der Waals surface area contributed by atoms with Crippen LogP contribution in [0.1, 0.15) is 5.56 Å². The number of halogens is 3. The van der Waals surface area contributed by atoms with E-state index in [0.29, 0.717) is 18.7 Å². The number of alkyl halides is 2. The fraction of sp³-hybridized carbons (Fsp3) is 0.400. The van der Waals surface area contributed by atoms with E-state index in [0.717, 1.165) is 12.1 Å². The molecular formula is C10H12F3NO2. The van der Waals surface area contributed by atoms with Crippen LogP contribution < -0.4 is 10.1 Å². The van der Waals surface area contributed by atoms with Gasteiger partial charge in [0, 0.05) is 13.1 Å². The van der Waals surface area contributed by atoms with E-state index in [1.165, 1.54) is 6.07 Å². The zero-order valence-corrected chi connectivity index (χ0v) is 8.42. The van der Waals surface area contributed by atoms with Crippen LogP contribution in [0.25, 0.3) is 0 Å². The number of nitrogens with one attached hydrogen (secondary N) is 1. The molecule has 3 nitrogen and oxygen atoms in total. The third-order valence-corrected chi connectivity index (χ3v) is 1.83. The molecule has 0 aliphatic heterocycles. The summed E-state index contributed by atoms with van der Waals surface area (Å²) >= 11 is 0. The van der Waals surface area contributed by atoms with Gasteiger partial charge < -0.3 is 15.2 Å². The summed E-state index contributed by atoms with van der Waals surface area (Å²) < 4.78 is 40.8. The highest BCUT2D eigenvalue weighted by Crippen LogP contribution is 2.20. The van der Waals surface area contributed by atoms with E-state index in [9.17, 15) is 13.2 Å². The lowest BCUT2D eigenvalue weighted by Crippen LogP contribution is -2.17. The summed E-state index contributed by atoms with van der Waals surface area (Å²) in [6.45, 7) is -2.31. The molecule has 0 radical (unpaired) electrons. The highest BCUT2D eigenvalue weighted by molar-refractivity contribution is 5.29. The first-order valence-electron chi connectivity index (χ1n) is 4.68. The van der Waals surface area contributed by atoms with Gasteiger partial charge in [-0.2, -0.15) is 8.78 Å². The number of hydrogen-bond acceptors (Lipinski definition) is 3. The first-order valence-corrected chi connectivity index (χ1v) is 4.68. The van der Waals surface area contributed by atoms with Crippen LogP contribution in [0.2, 0.25) is 0 Å². The van der Waals surface area contributed by atoms with Crippen LogP contribution in [0.3, 0.4) is 0 Å². The average molecular weight is 235 g/mol. The van der Waals surface area contributed by atoms with Gasteiger partial charge in [-0.1, -0.05) is 6.07 Å². The van der Waals surface area contributed by atoms with Crippen molar-refractivity contribution in [2.75, 3.05) is 13.2 Å². The van der Waals surface area contributed by atoms with Crippen LogP contribution >= 0.6 is 0 Å². The van der Waals surface area contributed by atoms with Crippen molar-refractivity contribution in [1.82, 2.24) is 5.32 Å². The Kier molecular flexibility index (Phi) is 5.07. The van der Waals surface area contributed by atoms with Crippen LogP contribution in [0.5, 0.6) is 5.75 Å². The number of benzene rings is 1. The molecule has 0 spiro atoms. The van der Waals surface area contributed by atoms with Gasteiger partial charge in [-0.15, -0.1) is 0 Å². The minimum absolute atomic E-state index is 0.0188. The molecule has 16 heavy (non-hydrogen) atoms. The summed E-state index contributed by atoms with van der Waals surface area (Å²) in [5, 5.41) is 11.3. The molecule has 0 aliphatic rings. The molecule has 6 heteroatoms. The van der Waals surface area contributed by atoms with Gasteiger partial charge in [0.15, 0.2) is 11.6 Å². The Labute approximate surface area is 90.8 Å². The fourth-order valence-electron chi connectivity index (χ4n) is 1.16. The van der Waals surface area contributed by atoms with Gasteiger partial charge in [0.05, 0.1) is 6.61 Å². The summed E-state index contributed by atoms with van der Waals surface area (Å²) in [5.74, 6) is -1.30. The lowest BCUT2D eigenvalue weighted by Gasteiger charge is -2.07. The van der Waals surface area contributed by atoms with E-state index in [-0.39, 0.29) is 6.61 Å². The van der Waals surface area contributed by atoms with Crippen molar-refractivity contribution in [3.05, 3.63) is 29.6 Å². The second-order valence-corrected chi connectivity index (χ2v) is 3.04. The van der Waals surface area contributed by atoms with Crippen molar-refractivity contribution < 1.29 is 23.0 Å². The van der Waals surface area contributed by atoms with Crippen molar-refractivity contribution in [3.63, 3.8) is 0 Å². The molecule has 0 fully saturated rings. The average Bonchev–Trinajstić information content (AvgIpc) is 2.22. The van der Waals surface area contributed by atoms with Gasteiger partial charge >= 0.3 is 6.61 Å². The van der Waals surface area contributed by atoms with E-state index in [1.807, 2.05) is 0 Å². The molecule has 90 valence electrons. The van der Waals surface area contributed by atoms with Crippen LogP contribution in [-0.2, 0) is 6.54 Å². The Morgan fingerprint density at radius 1 is 1.38 bits per heavy atom. The molecule has 1 aromatic carbocycles. The van der Waals surface area contributed by atoms with Crippen molar-refractivity contribution in [2.45, 2.75) is 13.2 Å². The molecule has 0 saturated heterocycles. The minimum atomic E-state index is -3.03. The van der Waals surface area contributed by atoms with Crippen LogP contribution in [-0.4, -0.2) is 24.9 Å². The minimum Gasteiger partial charge on any atom is -0.432 e. The molecule has 0 heterocycles. The number of aliphatic hydroxyl groups excluding tert-OH is 1. The van der Waals surface area contributed by atoms with Crippen molar-refractivity contribution in [2.24, 2.45) is 0 Å². The molecule has 0 atom stereocenters. The SMILES string of the molecule is OCCNCc1ccc(OC(F)F)c(F)c1. The van der Waals surface area contributed by atoms with Crippen molar-refractivity contribution >= 4 is 0 Å². The van der Waals surface area contributed by atoms with E-state index >= 15 is 0 Å². The molecule has 0 unspecified atom stereocenters. The Morgan fingerprint density at radius 3 is 2.69 bits per heavy atom. The first kappa shape index (κ1) is 12.8. The second-order valence-electron chi connectivity index (χ2n) is 3.04. The number of rotatable bonds is 6. The number of hydrogen-bond donors (Lipinski definition) is 2. The lowest BCUT2D eigenvalue weighted by atomic mass is 10.2. The third kappa shape index (κ3) is 4.08. The molecule has 0 aromatic heterocycles. The highest BCUT2D eigenvalue weighted by Gasteiger charge is 2.09. The summed E-state index contributed by atoms with van der Waals surface area (Å²) in [6, 6.07) is 3.74. The maximum atomic E-state index is 13.2. The molecule has 0 bridgehead atoms. The Morgan fingerprint density at radius 2 is 2.12 bits per heavy atom. The van der Waals surface area contributed by atoms with E-state index in [4.69, 9.17) is 5.11 Å². The lowest BCUT2D eigenvalue weighted by molar-refractivity contribution is -0.0522. The molecule has 0 saturated carbocycles. The molecular weight excluding hydrogens is 223 g/mol. The maximum Gasteiger partial charge on any atom is 0.387 e. The number of aliphatic hydroxyl groups is 1. The third-order valence-electron chi connectivity index (χ3n) is 1.83. The summed E-state index contributed by atoms with van der Waals surface area (Å²) in [7, 11) is 0. The predicted octanol–water partition coefficient (Wildman–Crippen LogP) is 1.51. The Hall–Kier alpha value is -1.27. The van der Waals surface area contributed by atoms with Gasteiger partial charge in [0.25, 0.3) is 0 Å². The van der Waals surface area contributed by atoms with E-state index in [2.05, 4.69) is 10.1 Å². The molecule has 0 amide bonds. The topological polar surface area (TPSA) is 41.5 Å². The monoisotopic (exact) mass is 235 g/mol. The van der Waals surface area contributed by atoms with E-state index in [1.54, 1.807) is 0 Å². The molecule has 0 aliphatic carbocycles.